The number of nitrogens with one attached hydrogen (secondary N) is 2. The fraction of sp³-hybridized carbons (Fsp3) is 0.409. The maximum absolute atomic E-state index is 13.4. The third-order valence-electron chi connectivity index (χ3n) is 6.38. The van der Waals surface area contributed by atoms with Crippen LogP contribution in [0.15, 0.2) is 28.7 Å². The Morgan fingerprint density at radius 3 is 3.00 bits per heavy atom. The van der Waals surface area contributed by atoms with Gasteiger partial charge in [-0.3, -0.25) is 9.59 Å². The van der Waals surface area contributed by atoms with E-state index in [0.717, 1.165) is 51.9 Å². The zero-order valence-corrected chi connectivity index (χ0v) is 20.8. The Labute approximate surface area is 204 Å². The molecule has 1 saturated carbocycles. The lowest BCUT2D eigenvalue weighted by molar-refractivity contribution is 0.0831. The van der Waals surface area contributed by atoms with Gasteiger partial charge < -0.3 is 20.9 Å². The number of hydrogen-bond acceptors (Lipinski definition) is 6. The predicted molar refractivity (Wildman–Crippen MR) is 132 cm³/mol. The van der Waals surface area contributed by atoms with Gasteiger partial charge in [0.05, 0.1) is 17.4 Å². The van der Waals surface area contributed by atoms with E-state index in [2.05, 4.69) is 43.2 Å². The Morgan fingerprint density at radius 2 is 2.19 bits per heavy atom. The van der Waals surface area contributed by atoms with Crippen LogP contribution in [0.3, 0.4) is 0 Å². The lowest BCUT2D eigenvalue weighted by atomic mass is 9.87. The van der Waals surface area contributed by atoms with Gasteiger partial charge >= 0.3 is 0 Å². The van der Waals surface area contributed by atoms with E-state index < -0.39 is 11.6 Å². The van der Waals surface area contributed by atoms with Gasteiger partial charge in [-0.2, -0.15) is 0 Å². The Balaban J connectivity index is 0.00000245. The molecular weight excluding hydrogens is 514 g/mol. The number of ketones is 1. The Kier molecular flexibility index (Phi) is 6.48. The number of hydrogen-bond donors (Lipinski definition) is 3. The summed E-state index contributed by atoms with van der Waals surface area (Å²) in [5.41, 5.74) is 7.89. The summed E-state index contributed by atoms with van der Waals surface area (Å²) >= 11 is 4.90. The lowest BCUT2D eigenvalue weighted by Gasteiger charge is -2.30. The van der Waals surface area contributed by atoms with Crippen molar-refractivity contribution in [1.29, 1.82) is 0 Å². The normalized spacial score (nSPS) is 23.0. The molecule has 3 aromatic rings. The number of rotatable bonds is 4. The van der Waals surface area contributed by atoms with Crippen molar-refractivity contribution in [1.82, 2.24) is 20.2 Å². The summed E-state index contributed by atoms with van der Waals surface area (Å²) in [5.74, 6) is -0.403. The zero-order chi connectivity index (χ0) is 21.8. The molecule has 32 heavy (non-hydrogen) atoms. The number of nitrogens with zero attached hydrogens (tertiary/aromatic N) is 2. The number of likely N-dealkylation sites (N-methyl/N-ethyl adjacent to an activating group) is 1. The standard InChI is InChI=1S/C22H24BrN5O2S.ClH/c1-28-8-6-15-17(11-28)31-21(26-15)20(30)27-18-3-2-7-22(18,24)19(29)16-10-12-9-13(23)4-5-14(12)25-16;/h4-5,9-10,18,25H,2-3,6-8,11,24H2,1H3,(H,27,30);1H. The summed E-state index contributed by atoms with van der Waals surface area (Å²) in [5, 5.41) is 4.43. The molecule has 0 radical (unpaired) electrons. The van der Waals surface area contributed by atoms with Gasteiger partial charge in [0, 0.05) is 39.8 Å². The van der Waals surface area contributed by atoms with E-state index in [-0.39, 0.29) is 24.1 Å². The van der Waals surface area contributed by atoms with Crippen LogP contribution in [0.5, 0.6) is 0 Å². The number of H-pyrrole nitrogens is 1. The first-order valence-electron chi connectivity index (χ1n) is 10.4. The van der Waals surface area contributed by atoms with E-state index in [1.807, 2.05) is 24.3 Å². The number of Topliss-reactive ketones (excluding diaryl/α,β-unsaturated/α-hetero) is 1. The maximum atomic E-state index is 13.4. The summed E-state index contributed by atoms with van der Waals surface area (Å²) in [7, 11) is 2.07. The maximum Gasteiger partial charge on any atom is 0.280 e. The SMILES string of the molecule is CN1CCc2nc(C(=O)NC3CCCC3(N)C(=O)c3cc4cc(Br)ccc4[nH]3)sc2C1.Cl. The van der Waals surface area contributed by atoms with E-state index in [9.17, 15) is 9.59 Å². The van der Waals surface area contributed by atoms with Crippen LogP contribution in [-0.4, -0.2) is 51.7 Å². The molecule has 1 fully saturated rings. The highest BCUT2D eigenvalue weighted by molar-refractivity contribution is 9.10. The second-order valence-corrected chi connectivity index (χ2v) is 10.6. The molecule has 2 unspecified atom stereocenters. The number of amides is 1. The van der Waals surface area contributed by atoms with Crippen LogP contribution in [0, 0.1) is 0 Å². The van der Waals surface area contributed by atoms with Crippen molar-refractivity contribution in [2.24, 2.45) is 5.73 Å². The van der Waals surface area contributed by atoms with Crippen LogP contribution >= 0.6 is 39.7 Å². The fourth-order valence-electron chi connectivity index (χ4n) is 4.62. The van der Waals surface area contributed by atoms with Gasteiger partial charge in [0.15, 0.2) is 5.01 Å². The molecule has 2 aliphatic rings. The van der Waals surface area contributed by atoms with Crippen LogP contribution < -0.4 is 11.1 Å². The van der Waals surface area contributed by atoms with Crippen LogP contribution in [0.2, 0.25) is 0 Å². The minimum absolute atomic E-state index is 0. The molecule has 170 valence electrons. The molecule has 7 nitrogen and oxygen atoms in total. The molecule has 5 rings (SSSR count). The largest absolute Gasteiger partial charge is 0.352 e. The average Bonchev–Trinajstić information content (AvgIpc) is 3.44. The van der Waals surface area contributed by atoms with Gasteiger partial charge in [0.2, 0.25) is 5.78 Å². The molecule has 1 aliphatic carbocycles. The van der Waals surface area contributed by atoms with Gasteiger partial charge in [0.1, 0.15) is 5.54 Å². The summed E-state index contributed by atoms with van der Waals surface area (Å²) in [6, 6.07) is 7.22. The van der Waals surface area contributed by atoms with E-state index in [0.29, 0.717) is 23.5 Å². The predicted octanol–water partition coefficient (Wildman–Crippen LogP) is 3.66. The second-order valence-electron chi connectivity index (χ2n) is 8.58. The molecule has 0 bridgehead atoms. The van der Waals surface area contributed by atoms with Crippen molar-refractivity contribution in [3.05, 3.63) is 50.0 Å². The highest BCUT2D eigenvalue weighted by Crippen LogP contribution is 2.33. The van der Waals surface area contributed by atoms with Gasteiger partial charge in [-0.05, 0) is 50.6 Å². The topological polar surface area (TPSA) is 104 Å². The van der Waals surface area contributed by atoms with Gasteiger partial charge in [-0.1, -0.05) is 15.9 Å². The van der Waals surface area contributed by atoms with Crippen LogP contribution in [0.1, 0.15) is 50.1 Å². The molecule has 2 atom stereocenters. The highest BCUT2D eigenvalue weighted by Gasteiger charge is 2.47. The summed E-state index contributed by atoms with van der Waals surface area (Å²) in [6.45, 7) is 1.77. The van der Waals surface area contributed by atoms with Crippen LogP contribution in [-0.2, 0) is 13.0 Å². The van der Waals surface area contributed by atoms with Gasteiger partial charge in [-0.25, -0.2) is 4.98 Å². The number of carbonyl (C=O) groups excluding carboxylic acids is 2. The lowest BCUT2D eigenvalue weighted by Crippen LogP contribution is -2.60. The number of aromatic nitrogens is 2. The van der Waals surface area contributed by atoms with Gasteiger partial charge in [-0.15, -0.1) is 23.7 Å². The quantitative estimate of drug-likeness (QED) is 0.440. The number of thiazole rings is 1. The molecule has 2 aromatic heterocycles. The highest BCUT2D eigenvalue weighted by atomic mass is 79.9. The number of carbonyl (C=O) groups is 2. The Hall–Kier alpha value is -1.78. The van der Waals surface area contributed by atoms with Crippen LogP contribution in [0.4, 0.5) is 0 Å². The molecule has 3 heterocycles. The molecule has 0 spiro atoms. The number of fused-ring (bicyclic) bond motifs is 2. The Morgan fingerprint density at radius 1 is 1.38 bits per heavy atom. The van der Waals surface area contributed by atoms with Crippen molar-refractivity contribution in [2.75, 3.05) is 13.6 Å². The number of halogens is 2. The third-order valence-corrected chi connectivity index (χ3v) is 7.95. The summed E-state index contributed by atoms with van der Waals surface area (Å²) in [6.07, 6.45) is 2.86. The Bertz CT molecular complexity index is 1190. The average molecular weight is 539 g/mol. The minimum atomic E-state index is -1.13. The number of aromatic amines is 1. The molecule has 1 amide bonds. The van der Waals surface area contributed by atoms with Crippen molar-refractivity contribution in [3.8, 4) is 0 Å². The van der Waals surface area contributed by atoms with Crippen molar-refractivity contribution in [3.63, 3.8) is 0 Å². The van der Waals surface area contributed by atoms with Crippen molar-refractivity contribution in [2.45, 2.75) is 43.8 Å². The monoisotopic (exact) mass is 537 g/mol. The summed E-state index contributed by atoms with van der Waals surface area (Å²) < 4.78 is 0.948. The smallest absolute Gasteiger partial charge is 0.280 e. The van der Waals surface area contributed by atoms with Crippen LogP contribution in [0.25, 0.3) is 10.9 Å². The first kappa shape index (κ1) is 23.4. The molecular formula is C22H25BrClN5O2S. The van der Waals surface area contributed by atoms with E-state index in [1.165, 1.54) is 11.3 Å². The van der Waals surface area contributed by atoms with E-state index >= 15 is 0 Å². The molecule has 1 aliphatic heterocycles. The van der Waals surface area contributed by atoms with Crippen molar-refractivity contribution < 1.29 is 9.59 Å². The molecule has 4 N–H and O–H groups in total. The van der Waals surface area contributed by atoms with E-state index in [1.54, 1.807) is 0 Å². The number of benzene rings is 1. The van der Waals surface area contributed by atoms with Gasteiger partial charge in [0.25, 0.3) is 5.91 Å². The summed E-state index contributed by atoms with van der Waals surface area (Å²) in [4.78, 5) is 37.5. The van der Waals surface area contributed by atoms with Crippen molar-refractivity contribution >= 4 is 62.3 Å². The third kappa shape index (κ3) is 4.12. The second kappa shape index (κ2) is 8.87. The molecule has 1 aromatic carbocycles. The fourth-order valence-corrected chi connectivity index (χ4v) is 6.09. The van der Waals surface area contributed by atoms with E-state index in [4.69, 9.17) is 5.73 Å². The first-order valence-corrected chi connectivity index (χ1v) is 12.0. The molecule has 10 heteroatoms. The first-order chi connectivity index (χ1) is 14.8. The minimum Gasteiger partial charge on any atom is -0.352 e. The molecule has 0 saturated heterocycles. The zero-order valence-electron chi connectivity index (χ0n) is 17.6. The number of nitrogens with two attached hydrogens (primary N) is 1.